The lowest BCUT2D eigenvalue weighted by atomic mass is 10.2. The summed E-state index contributed by atoms with van der Waals surface area (Å²) in [5.74, 6) is -0.371. The number of fused-ring (bicyclic) bond motifs is 1. The summed E-state index contributed by atoms with van der Waals surface area (Å²) in [6, 6.07) is 2.85. The van der Waals surface area contributed by atoms with Gasteiger partial charge in [0.2, 0.25) is 0 Å². The van der Waals surface area contributed by atoms with Crippen LogP contribution in [0.3, 0.4) is 0 Å². The van der Waals surface area contributed by atoms with E-state index in [-0.39, 0.29) is 24.6 Å². The number of aliphatic hydroxyl groups excluding tert-OH is 1. The number of aliphatic hydroxyl groups is 1. The summed E-state index contributed by atoms with van der Waals surface area (Å²) >= 11 is 0. The average molecular weight is 423 g/mol. The van der Waals surface area contributed by atoms with Gasteiger partial charge in [-0.3, -0.25) is 19.4 Å². The van der Waals surface area contributed by atoms with Crippen molar-refractivity contribution < 1.29 is 27.8 Å². The molecule has 2 N–H and O–H groups in total. The second-order valence-corrected chi connectivity index (χ2v) is 6.82. The summed E-state index contributed by atoms with van der Waals surface area (Å²) < 4.78 is 43.3. The largest absolute Gasteiger partial charge is 0.482 e. The molecule has 3 aromatic heterocycles. The molecule has 0 spiro atoms. The SMILES string of the molecule is Cc1cc(Cn2cc3c(C(=O)N[C@@H](C)CO)nccc3n2)ncc1OCC(F)(F)F. The van der Waals surface area contributed by atoms with Crippen molar-refractivity contribution in [2.24, 2.45) is 0 Å². The van der Waals surface area contributed by atoms with Gasteiger partial charge in [-0.05, 0) is 31.5 Å². The third-order valence-electron chi connectivity index (χ3n) is 4.18. The van der Waals surface area contributed by atoms with E-state index in [0.29, 0.717) is 22.2 Å². The molecule has 1 atom stereocenters. The molecule has 0 aromatic carbocycles. The molecular formula is C19H20F3N5O3. The lowest BCUT2D eigenvalue weighted by Crippen LogP contribution is -2.35. The van der Waals surface area contributed by atoms with Gasteiger partial charge in [-0.25, -0.2) is 0 Å². The van der Waals surface area contributed by atoms with Crippen molar-refractivity contribution in [2.75, 3.05) is 13.2 Å². The Hall–Kier alpha value is -3.21. The number of pyridine rings is 2. The van der Waals surface area contributed by atoms with Crippen molar-refractivity contribution in [3.63, 3.8) is 0 Å². The van der Waals surface area contributed by atoms with E-state index < -0.39 is 24.7 Å². The first-order valence-electron chi connectivity index (χ1n) is 9.05. The number of aromatic nitrogens is 4. The van der Waals surface area contributed by atoms with Crippen LogP contribution < -0.4 is 10.1 Å². The van der Waals surface area contributed by atoms with Crippen molar-refractivity contribution in [1.29, 1.82) is 0 Å². The topological polar surface area (TPSA) is 102 Å². The summed E-state index contributed by atoms with van der Waals surface area (Å²) in [6.45, 7) is 1.95. The molecule has 0 aliphatic carbocycles. The van der Waals surface area contributed by atoms with Crippen LogP contribution in [0.2, 0.25) is 0 Å². The number of nitrogens with one attached hydrogen (secondary N) is 1. The summed E-state index contributed by atoms with van der Waals surface area (Å²) in [5, 5.41) is 16.7. The highest BCUT2D eigenvalue weighted by molar-refractivity contribution is 6.04. The highest BCUT2D eigenvalue weighted by Crippen LogP contribution is 2.22. The zero-order valence-corrected chi connectivity index (χ0v) is 16.3. The Morgan fingerprint density at radius 2 is 2.13 bits per heavy atom. The summed E-state index contributed by atoms with van der Waals surface area (Å²) in [5.41, 5.74) is 1.81. The maximum atomic E-state index is 12.4. The van der Waals surface area contributed by atoms with Crippen molar-refractivity contribution in [3.8, 4) is 5.75 Å². The fraction of sp³-hybridized carbons (Fsp3) is 0.368. The monoisotopic (exact) mass is 423 g/mol. The van der Waals surface area contributed by atoms with Gasteiger partial charge >= 0.3 is 6.18 Å². The third kappa shape index (κ3) is 5.23. The highest BCUT2D eigenvalue weighted by Gasteiger charge is 2.28. The molecule has 11 heteroatoms. The lowest BCUT2D eigenvalue weighted by molar-refractivity contribution is -0.153. The van der Waals surface area contributed by atoms with Crippen molar-refractivity contribution in [1.82, 2.24) is 25.1 Å². The Bertz CT molecular complexity index is 1050. The van der Waals surface area contributed by atoms with Gasteiger partial charge in [-0.2, -0.15) is 18.3 Å². The van der Waals surface area contributed by atoms with Gasteiger partial charge in [0.05, 0.1) is 35.9 Å². The van der Waals surface area contributed by atoms with Crippen LogP contribution in [-0.4, -0.2) is 56.2 Å². The minimum Gasteiger partial charge on any atom is -0.482 e. The van der Waals surface area contributed by atoms with Crippen molar-refractivity contribution in [2.45, 2.75) is 32.6 Å². The van der Waals surface area contributed by atoms with Gasteiger partial charge in [0.1, 0.15) is 11.4 Å². The van der Waals surface area contributed by atoms with Crippen molar-refractivity contribution >= 4 is 16.8 Å². The van der Waals surface area contributed by atoms with Gasteiger partial charge in [-0.1, -0.05) is 0 Å². The number of alkyl halides is 3. The Morgan fingerprint density at radius 1 is 1.37 bits per heavy atom. The molecule has 30 heavy (non-hydrogen) atoms. The minimum absolute atomic E-state index is 0.0582. The van der Waals surface area contributed by atoms with Crippen LogP contribution in [0.15, 0.2) is 30.7 Å². The minimum atomic E-state index is -4.42. The van der Waals surface area contributed by atoms with Crippen LogP contribution in [-0.2, 0) is 6.54 Å². The van der Waals surface area contributed by atoms with Crippen molar-refractivity contribution in [3.05, 3.63) is 47.7 Å². The highest BCUT2D eigenvalue weighted by atomic mass is 19.4. The molecule has 3 aromatic rings. The number of aryl methyl sites for hydroxylation is 1. The summed E-state index contributed by atoms with van der Waals surface area (Å²) in [6.07, 6.45) is -0.0665. The molecule has 0 aliphatic rings. The van der Waals surface area contributed by atoms with Crippen LogP contribution >= 0.6 is 0 Å². The van der Waals surface area contributed by atoms with Gasteiger partial charge in [-0.15, -0.1) is 0 Å². The Morgan fingerprint density at radius 3 is 2.80 bits per heavy atom. The van der Waals surface area contributed by atoms with Crippen LogP contribution in [0.1, 0.15) is 28.7 Å². The smallest absolute Gasteiger partial charge is 0.422 e. The molecule has 0 fully saturated rings. The fourth-order valence-electron chi connectivity index (χ4n) is 2.76. The first-order valence-corrected chi connectivity index (χ1v) is 9.05. The summed E-state index contributed by atoms with van der Waals surface area (Å²) in [7, 11) is 0. The number of hydrogen-bond acceptors (Lipinski definition) is 6. The van der Waals surface area contributed by atoms with E-state index in [1.807, 2.05) is 0 Å². The van der Waals surface area contributed by atoms with Crippen LogP contribution in [0, 0.1) is 6.92 Å². The van der Waals surface area contributed by atoms with Crippen LogP contribution in [0.25, 0.3) is 10.9 Å². The van der Waals surface area contributed by atoms with Gasteiger partial charge < -0.3 is 15.2 Å². The average Bonchev–Trinajstić information content (AvgIpc) is 3.08. The predicted molar refractivity (Wildman–Crippen MR) is 101 cm³/mol. The number of nitrogens with zero attached hydrogens (tertiary/aromatic N) is 4. The fourth-order valence-corrected chi connectivity index (χ4v) is 2.76. The first kappa shape index (κ1) is 21.5. The van der Waals surface area contributed by atoms with E-state index in [1.54, 1.807) is 36.9 Å². The van der Waals surface area contributed by atoms with Gasteiger partial charge in [0.25, 0.3) is 5.91 Å². The number of carbonyl (C=O) groups is 1. The van der Waals surface area contributed by atoms with Gasteiger partial charge in [0, 0.05) is 18.4 Å². The number of amides is 1. The molecule has 0 unspecified atom stereocenters. The van der Waals surface area contributed by atoms with E-state index in [9.17, 15) is 18.0 Å². The molecule has 8 nitrogen and oxygen atoms in total. The van der Waals surface area contributed by atoms with E-state index in [1.165, 1.54) is 12.4 Å². The van der Waals surface area contributed by atoms with E-state index in [2.05, 4.69) is 20.4 Å². The van der Waals surface area contributed by atoms with Gasteiger partial charge in [0.15, 0.2) is 6.61 Å². The maximum Gasteiger partial charge on any atom is 0.422 e. The number of carbonyl (C=O) groups excluding carboxylic acids is 1. The molecule has 0 radical (unpaired) electrons. The van der Waals surface area contributed by atoms with Crippen LogP contribution in [0.5, 0.6) is 5.75 Å². The standard InChI is InChI=1S/C19H20F3N5O3/c1-11-5-13(24-6-16(11)30-10-19(20,21)22)7-27-8-14-15(26-27)3-4-23-17(14)18(29)25-12(2)9-28/h3-6,8,12,28H,7,9-10H2,1-2H3,(H,25,29)/t12-/m0/s1. The van der Waals surface area contributed by atoms with E-state index in [4.69, 9.17) is 9.84 Å². The molecule has 3 rings (SSSR count). The summed E-state index contributed by atoms with van der Waals surface area (Å²) in [4.78, 5) is 20.6. The molecule has 0 aliphatic heterocycles. The zero-order chi connectivity index (χ0) is 21.9. The quantitative estimate of drug-likeness (QED) is 0.604. The lowest BCUT2D eigenvalue weighted by Gasteiger charge is -2.11. The third-order valence-corrected chi connectivity index (χ3v) is 4.18. The van der Waals surface area contributed by atoms with Crippen LogP contribution in [0.4, 0.5) is 13.2 Å². The zero-order valence-electron chi connectivity index (χ0n) is 16.3. The van der Waals surface area contributed by atoms with E-state index >= 15 is 0 Å². The number of rotatable bonds is 7. The Kier molecular flexibility index (Phi) is 6.20. The Balaban J connectivity index is 1.79. The number of halogens is 3. The second kappa shape index (κ2) is 8.66. The number of ether oxygens (including phenoxy) is 1. The molecule has 160 valence electrons. The first-order chi connectivity index (χ1) is 14.2. The number of hydrogen-bond donors (Lipinski definition) is 2. The Labute approximate surface area is 169 Å². The molecule has 0 saturated heterocycles. The molecule has 1 amide bonds. The van der Waals surface area contributed by atoms with E-state index in [0.717, 1.165) is 0 Å². The molecule has 0 saturated carbocycles. The normalized spacial score (nSPS) is 12.7. The molecule has 3 heterocycles. The molecule has 0 bridgehead atoms. The maximum absolute atomic E-state index is 12.4. The molecular weight excluding hydrogens is 403 g/mol. The predicted octanol–water partition coefficient (Wildman–Crippen LogP) is 2.23. The second-order valence-electron chi connectivity index (χ2n) is 6.82.